The van der Waals surface area contributed by atoms with Gasteiger partial charge in [-0.3, -0.25) is 4.90 Å². The fourth-order valence-electron chi connectivity index (χ4n) is 4.43. The Labute approximate surface area is 204 Å². The van der Waals surface area contributed by atoms with Gasteiger partial charge in [-0.25, -0.2) is 9.24 Å². The van der Waals surface area contributed by atoms with Crippen molar-refractivity contribution in [2.75, 3.05) is 37.7 Å². The lowest BCUT2D eigenvalue weighted by molar-refractivity contribution is 0.170. The lowest BCUT2D eigenvalue weighted by atomic mass is 9.98. The molecule has 0 saturated carbocycles. The highest BCUT2D eigenvalue weighted by Gasteiger charge is 2.32. The summed E-state index contributed by atoms with van der Waals surface area (Å²) in [4.78, 5) is 7.96. The summed E-state index contributed by atoms with van der Waals surface area (Å²) in [6.45, 7) is 11.4. The van der Waals surface area contributed by atoms with Gasteiger partial charge in [-0.05, 0) is 42.3 Å². The van der Waals surface area contributed by atoms with Crippen LogP contribution >= 0.6 is 11.6 Å². The van der Waals surface area contributed by atoms with Gasteiger partial charge >= 0.3 is 0 Å². The molecule has 1 saturated heterocycles. The summed E-state index contributed by atoms with van der Waals surface area (Å²) in [7, 11) is 0. The van der Waals surface area contributed by atoms with Crippen molar-refractivity contribution in [1.82, 2.24) is 4.90 Å². The van der Waals surface area contributed by atoms with Crippen LogP contribution in [-0.2, 0) is 0 Å². The van der Waals surface area contributed by atoms with E-state index in [1.807, 2.05) is 48.5 Å². The van der Waals surface area contributed by atoms with Crippen LogP contribution in [0.3, 0.4) is 0 Å². The Bertz CT molecular complexity index is 1150. The number of hydrogen-bond donors (Lipinski definition) is 1. The molecule has 176 valence electrons. The topological polar surface area (TPSA) is 40.3 Å². The number of aliphatic hydroxyl groups excluding tert-OH is 1. The molecule has 5 nitrogen and oxygen atoms in total. The summed E-state index contributed by atoms with van der Waals surface area (Å²) < 4.78 is 20.5. The van der Waals surface area contributed by atoms with Crippen LogP contribution in [0.15, 0.2) is 66.7 Å². The number of halogens is 2. The number of rotatable bonds is 7. The molecular formula is C27H27ClFN3O2. The van der Waals surface area contributed by atoms with Gasteiger partial charge in [0, 0.05) is 36.8 Å². The summed E-state index contributed by atoms with van der Waals surface area (Å²) in [5.74, 6) is 0.0408. The van der Waals surface area contributed by atoms with Crippen molar-refractivity contribution in [1.29, 1.82) is 0 Å². The molecule has 4 rings (SSSR count). The average Bonchev–Trinajstić information content (AvgIpc) is 2.87. The molecule has 34 heavy (non-hydrogen) atoms. The third-order valence-electron chi connectivity index (χ3n) is 6.31. The van der Waals surface area contributed by atoms with E-state index in [1.165, 1.54) is 6.07 Å². The third-order valence-corrected chi connectivity index (χ3v) is 6.56. The van der Waals surface area contributed by atoms with Gasteiger partial charge in [0.15, 0.2) is 5.69 Å². The Morgan fingerprint density at radius 2 is 1.85 bits per heavy atom. The molecule has 0 bridgehead atoms. The molecular weight excluding hydrogens is 453 g/mol. The molecule has 0 amide bonds. The van der Waals surface area contributed by atoms with Crippen LogP contribution < -0.4 is 9.64 Å². The second-order valence-corrected chi connectivity index (χ2v) is 8.76. The zero-order chi connectivity index (χ0) is 24.1. The first kappa shape index (κ1) is 24.0. The molecule has 0 radical (unpaired) electrons. The smallest absolute Gasteiger partial charge is 0.187 e. The van der Waals surface area contributed by atoms with Gasteiger partial charge in [0.2, 0.25) is 0 Å². The van der Waals surface area contributed by atoms with E-state index in [0.29, 0.717) is 35.2 Å². The van der Waals surface area contributed by atoms with Gasteiger partial charge in [0.05, 0.1) is 24.9 Å². The quantitative estimate of drug-likeness (QED) is 0.420. The van der Waals surface area contributed by atoms with E-state index in [2.05, 4.69) is 21.6 Å². The highest BCUT2D eigenvalue weighted by Crippen LogP contribution is 2.36. The SMILES string of the molecule is [C-]#[N+]c1ccc([C@@H](C)N2CCN(c3ccc(OCCO)cc3F)[C@H](c3ccc(Cl)cc3)C2)cc1. The second-order valence-electron chi connectivity index (χ2n) is 8.32. The minimum absolute atomic E-state index is 0.0744. The predicted octanol–water partition coefficient (Wildman–Crippen LogP) is 6.03. The molecule has 1 fully saturated rings. The standard InChI is InChI=1S/C27H27ClFN3O2/c1-19(20-5-9-23(30-2)10-6-20)31-13-14-32(27(18-31)21-3-7-22(28)8-4-21)26-12-11-24(17-25(26)29)34-16-15-33/h3-12,17,19,27,33H,13-16,18H2,1H3/t19-,27+/m1/s1. The predicted molar refractivity (Wildman–Crippen MR) is 133 cm³/mol. The third kappa shape index (κ3) is 5.34. The van der Waals surface area contributed by atoms with Crippen LogP contribution in [-0.4, -0.2) is 42.9 Å². The number of nitrogens with zero attached hydrogens (tertiary/aromatic N) is 3. The first-order valence-corrected chi connectivity index (χ1v) is 11.6. The van der Waals surface area contributed by atoms with E-state index in [9.17, 15) is 0 Å². The largest absolute Gasteiger partial charge is 0.491 e. The summed E-state index contributed by atoms with van der Waals surface area (Å²) in [6, 6.07) is 20.4. The first-order valence-electron chi connectivity index (χ1n) is 11.3. The highest BCUT2D eigenvalue weighted by atomic mass is 35.5. The maximum absolute atomic E-state index is 15.2. The minimum atomic E-state index is -0.356. The summed E-state index contributed by atoms with van der Waals surface area (Å²) in [6.07, 6.45) is 0. The summed E-state index contributed by atoms with van der Waals surface area (Å²) in [5, 5.41) is 9.62. The molecule has 0 aliphatic carbocycles. The van der Waals surface area contributed by atoms with Gasteiger partial charge < -0.3 is 14.7 Å². The van der Waals surface area contributed by atoms with Crippen molar-refractivity contribution in [3.63, 3.8) is 0 Å². The molecule has 3 aromatic carbocycles. The van der Waals surface area contributed by atoms with E-state index in [4.69, 9.17) is 28.0 Å². The minimum Gasteiger partial charge on any atom is -0.491 e. The Morgan fingerprint density at radius 3 is 2.50 bits per heavy atom. The molecule has 1 aliphatic heterocycles. The monoisotopic (exact) mass is 479 g/mol. The highest BCUT2D eigenvalue weighted by molar-refractivity contribution is 6.30. The molecule has 1 aliphatic rings. The van der Waals surface area contributed by atoms with Crippen LogP contribution in [0.5, 0.6) is 5.75 Å². The Balaban J connectivity index is 1.61. The van der Waals surface area contributed by atoms with Crippen LogP contribution in [0.1, 0.15) is 30.1 Å². The van der Waals surface area contributed by atoms with Gasteiger partial charge in [0.1, 0.15) is 18.2 Å². The molecule has 7 heteroatoms. The van der Waals surface area contributed by atoms with E-state index in [0.717, 1.165) is 17.7 Å². The maximum Gasteiger partial charge on any atom is 0.187 e. The van der Waals surface area contributed by atoms with Crippen LogP contribution in [0.4, 0.5) is 15.8 Å². The summed E-state index contributed by atoms with van der Waals surface area (Å²) >= 11 is 6.14. The van der Waals surface area contributed by atoms with E-state index in [1.54, 1.807) is 12.1 Å². The molecule has 2 atom stereocenters. The molecule has 0 unspecified atom stereocenters. The lowest BCUT2D eigenvalue weighted by Crippen LogP contribution is -2.49. The zero-order valence-electron chi connectivity index (χ0n) is 19.0. The van der Waals surface area contributed by atoms with Gasteiger partial charge in [-0.1, -0.05) is 48.0 Å². The van der Waals surface area contributed by atoms with Crippen LogP contribution in [0, 0.1) is 12.4 Å². The Kier molecular flexibility index (Phi) is 7.69. The second kappa shape index (κ2) is 10.9. The van der Waals surface area contributed by atoms with Crippen molar-refractivity contribution in [2.24, 2.45) is 0 Å². The fraction of sp³-hybridized carbons (Fsp3) is 0.296. The van der Waals surface area contributed by atoms with Crippen molar-refractivity contribution in [3.05, 3.63) is 100 Å². The Hall–Kier alpha value is -3.11. The van der Waals surface area contributed by atoms with Crippen LogP contribution in [0.2, 0.25) is 5.02 Å². The van der Waals surface area contributed by atoms with E-state index >= 15 is 4.39 Å². The number of aliphatic hydroxyl groups is 1. The number of anilines is 1. The van der Waals surface area contributed by atoms with Crippen molar-refractivity contribution >= 4 is 23.0 Å². The zero-order valence-corrected chi connectivity index (χ0v) is 19.8. The molecule has 0 aromatic heterocycles. The number of benzene rings is 3. The molecule has 0 spiro atoms. The van der Waals surface area contributed by atoms with E-state index in [-0.39, 0.29) is 31.1 Å². The fourth-order valence-corrected chi connectivity index (χ4v) is 4.55. The molecule has 1 heterocycles. The molecule has 3 aromatic rings. The number of hydrogen-bond acceptors (Lipinski definition) is 4. The van der Waals surface area contributed by atoms with Crippen molar-refractivity contribution in [3.8, 4) is 5.75 Å². The van der Waals surface area contributed by atoms with Gasteiger partial charge in [-0.15, -0.1) is 0 Å². The van der Waals surface area contributed by atoms with Gasteiger partial charge in [0.25, 0.3) is 0 Å². The summed E-state index contributed by atoms with van der Waals surface area (Å²) in [5.41, 5.74) is 3.35. The number of ether oxygens (including phenoxy) is 1. The maximum atomic E-state index is 15.2. The normalized spacial score (nSPS) is 17.3. The van der Waals surface area contributed by atoms with Gasteiger partial charge in [-0.2, -0.15) is 0 Å². The van der Waals surface area contributed by atoms with E-state index < -0.39 is 0 Å². The Morgan fingerprint density at radius 1 is 1.12 bits per heavy atom. The number of piperazine rings is 1. The van der Waals surface area contributed by atoms with Crippen molar-refractivity contribution < 1.29 is 14.2 Å². The lowest BCUT2D eigenvalue weighted by Gasteiger charge is -2.45. The average molecular weight is 480 g/mol. The first-order chi connectivity index (χ1) is 16.5. The van der Waals surface area contributed by atoms with Crippen molar-refractivity contribution in [2.45, 2.75) is 19.0 Å². The van der Waals surface area contributed by atoms with Crippen LogP contribution in [0.25, 0.3) is 4.85 Å². The molecule has 1 N–H and O–H groups in total.